The van der Waals surface area contributed by atoms with Crippen molar-refractivity contribution in [2.45, 2.75) is 12.8 Å². The van der Waals surface area contributed by atoms with E-state index in [2.05, 4.69) is 52.5 Å². The van der Waals surface area contributed by atoms with E-state index in [4.69, 9.17) is 21.0 Å². The molecule has 3 aromatic carbocycles. The molecule has 0 amide bonds. The van der Waals surface area contributed by atoms with Crippen molar-refractivity contribution in [1.29, 1.82) is 0 Å². The molecular weight excluding hydrogens is 418 g/mol. The number of benzene rings is 3. The van der Waals surface area contributed by atoms with Crippen LogP contribution in [0, 0.1) is 0 Å². The van der Waals surface area contributed by atoms with Crippen LogP contribution in [0.2, 0.25) is 5.28 Å². The Morgan fingerprint density at radius 1 is 0.719 bits per heavy atom. The minimum atomic E-state index is 0.177. The number of furan rings is 1. The van der Waals surface area contributed by atoms with Gasteiger partial charge in [0, 0.05) is 21.9 Å². The Labute approximate surface area is 189 Å². The molecular formula is C27H18ClN3O. The minimum absolute atomic E-state index is 0.177. The lowest BCUT2D eigenvalue weighted by Crippen LogP contribution is -2.02. The molecule has 2 heterocycles. The maximum Gasteiger partial charge on any atom is 0.226 e. The summed E-state index contributed by atoms with van der Waals surface area (Å²) in [5, 5.41) is 2.33. The zero-order chi connectivity index (χ0) is 21.5. The lowest BCUT2D eigenvalue weighted by Gasteiger charge is -2.14. The van der Waals surface area contributed by atoms with Crippen LogP contribution >= 0.6 is 11.6 Å². The lowest BCUT2D eigenvalue weighted by molar-refractivity contribution is 0.669. The number of rotatable bonds is 3. The Hall–Kier alpha value is -3.76. The molecule has 2 aromatic heterocycles. The molecule has 5 heteroatoms. The molecule has 0 aliphatic heterocycles. The second-order valence-corrected chi connectivity index (χ2v) is 8.13. The van der Waals surface area contributed by atoms with E-state index in [9.17, 15) is 0 Å². The van der Waals surface area contributed by atoms with E-state index in [0.717, 1.165) is 45.9 Å². The molecule has 0 radical (unpaired) electrons. The predicted octanol–water partition coefficient (Wildman–Crippen LogP) is 7.35. The van der Waals surface area contributed by atoms with E-state index in [0.29, 0.717) is 11.6 Å². The van der Waals surface area contributed by atoms with Crippen LogP contribution in [0.4, 0.5) is 0 Å². The number of aromatic nitrogens is 3. The molecule has 1 aliphatic carbocycles. The molecule has 0 unspecified atom stereocenters. The zero-order valence-electron chi connectivity index (χ0n) is 17.1. The van der Waals surface area contributed by atoms with Gasteiger partial charge in [0.15, 0.2) is 11.6 Å². The van der Waals surface area contributed by atoms with Gasteiger partial charge in [-0.1, -0.05) is 60.7 Å². The van der Waals surface area contributed by atoms with Crippen LogP contribution in [0.25, 0.3) is 44.5 Å². The first-order valence-corrected chi connectivity index (χ1v) is 10.9. The Kier molecular flexibility index (Phi) is 4.58. The molecule has 0 atom stereocenters. The van der Waals surface area contributed by atoms with E-state index in [1.165, 1.54) is 11.1 Å². The average molecular weight is 436 g/mol. The number of para-hydroxylation sites is 1. The second kappa shape index (κ2) is 7.74. The van der Waals surface area contributed by atoms with E-state index in [1.807, 2.05) is 42.5 Å². The van der Waals surface area contributed by atoms with Gasteiger partial charge in [0.25, 0.3) is 0 Å². The molecule has 4 nitrogen and oxygen atoms in total. The van der Waals surface area contributed by atoms with Gasteiger partial charge in [0.1, 0.15) is 11.2 Å². The first kappa shape index (κ1) is 19.0. The summed E-state index contributed by atoms with van der Waals surface area (Å²) in [6.45, 7) is 0. The maximum absolute atomic E-state index is 6.32. The lowest BCUT2D eigenvalue weighted by atomic mass is 9.93. The Bertz CT molecular complexity index is 1530. The number of nitrogens with zero attached hydrogens (tertiary/aromatic N) is 3. The third-order valence-electron chi connectivity index (χ3n) is 5.76. The quantitative estimate of drug-likeness (QED) is 0.297. The molecule has 0 saturated heterocycles. The zero-order valence-corrected chi connectivity index (χ0v) is 17.9. The van der Waals surface area contributed by atoms with Crippen LogP contribution in [-0.4, -0.2) is 15.0 Å². The van der Waals surface area contributed by atoms with Crippen molar-refractivity contribution in [2.75, 3.05) is 0 Å². The van der Waals surface area contributed by atoms with Crippen LogP contribution in [0.1, 0.15) is 24.2 Å². The summed E-state index contributed by atoms with van der Waals surface area (Å²) in [6, 6.07) is 24.4. The van der Waals surface area contributed by atoms with Crippen molar-refractivity contribution in [3.05, 3.63) is 102 Å². The van der Waals surface area contributed by atoms with Crippen LogP contribution < -0.4 is 0 Å². The molecule has 0 fully saturated rings. The monoisotopic (exact) mass is 435 g/mol. The summed E-state index contributed by atoms with van der Waals surface area (Å²) in [5.74, 6) is 1.11. The molecule has 6 rings (SSSR count). The highest BCUT2D eigenvalue weighted by Crippen LogP contribution is 2.33. The van der Waals surface area contributed by atoms with E-state index < -0.39 is 0 Å². The van der Waals surface area contributed by atoms with Gasteiger partial charge in [-0.05, 0) is 59.9 Å². The fraction of sp³-hybridized carbons (Fsp3) is 0.0741. The van der Waals surface area contributed by atoms with Gasteiger partial charge in [0.05, 0.1) is 0 Å². The van der Waals surface area contributed by atoms with Gasteiger partial charge in [0.2, 0.25) is 5.28 Å². The fourth-order valence-corrected chi connectivity index (χ4v) is 4.37. The minimum Gasteiger partial charge on any atom is -0.456 e. The molecule has 5 aromatic rings. The van der Waals surface area contributed by atoms with Gasteiger partial charge in [-0.3, -0.25) is 0 Å². The van der Waals surface area contributed by atoms with Crippen molar-refractivity contribution >= 4 is 44.7 Å². The van der Waals surface area contributed by atoms with Crippen LogP contribution in [-0.2, 0) is 0 Å². The molecule has 0 saturated carbocycles. The van der Waals surface area contributed by atoms with Crippen molar-refractivity contribution < 1.29 is 4.42 Å². The largest absolute Gasteiger partial charge is 0.456 e. The number of hydrogen-bond donors (Lipinski definition) is 0. The van der Waals surface area contributed by atoms with E-state index >= 15 is 0 Å². The van der Waals surface area contributed by atoms with E-state index in [-0.39, 0.29) is 5.28 Å². The van der Waals surface area contributed by atoms with Crippen LogP contribution in [0.15, 0.2) is 89.4 Å². The Morgan fingerprint density at radius 3 is 2.41 bits per heavy atom. The Morgan fingerprint density at radius 2 is 1.50 bits per heavy atom. The summed E-state index contributed by atoms with van der Waals surface area (Å²) < 4.78 is 6.03. The molecule has 32 heavy (non-hydrogen) atoms. The summed E-state index contributed by atoms with van der Waals surface area (Å²) in [4.78, 5) is 13.6. The molecule has 0 N–H and O–H groups in total. The molecule has 0 spiro atoms. The fourth-order valence-electron chi connectivity index (χ4n) is 4.21. The van der Waals surface area contributed by atoms with E-state index in [1.54, 1.807) is 0 Å². The van der Waals surface area contributed by atoms with Gasteiger partial charge >= 0.3 is 0 Å². The van der Waals surface area contributed by atoms with Gasteiger partial charge in [-0.15, -0.1) is 0 Å². The van der Waals surface area contributed by atoms with Crippen LogP contribution in [0.3, 0.4) is 0 Å². The highest BCUT2D eigenvalue weighted by atomic mass is 35.5. The van der Waals surface area contributed by atoms with Crippen molar-refractivity contribution in [3.63, 3.8) is 0 Å². The highest BCUT2D eigenvalue weighted by molar-refractivity contribution is 6.28. The van der Waals surface area contributed by atoms with Gasteiger partial charge in [-0.25, -0.2) is 4.98 Å². The highest BCUT2D eigenvalue weighted by Gasteiger charge is 2.15. The predicted molar refractivity (Wildman–Crippen MR) is 129 cm³/mol. The summed E-state index contributed by atoms with van der Waals surface area (Å²) >= 11 is 6.32. The van der Waals surface area contributed by atoms with Crippen molar-refractivity contribution in [3.8, 4) is 11.4 Å². The number of allylic oxidation sites excluding steroid dienone is 4. The van der Waals surface area contributed by atoms with Gasteiger partial charge in [-0.2, -0.15) is 9.97 Å². The SMILES string of the molecule is Clc1nc(C2=CCCC(c3ccccc3)=C2)nc(-c2ccc3c(c2)oc2ccccc23)n1. The number of halogens is 1. The Balaban J connectivity index is 1.42. The number of hydrogen-bond acceptors (Lipinski definition) is 4. The third kappa shape index (κ3) is 3.39. The second-order valence-electron chi connectivity index (χ2n) is 7.79. The maximum atomic E-state index is 6.32. The van der Waals surface area contributed by atoms with Gasteiger partial charge < -0.3 is 4.42 Å². The number of fused-ring (bicyclic) bond motifs is 3. The first-order valence-electron chi connectivity index (χ1n) is 10.5. The summed E-state index contributed by atoms with van der Waals surface area (Å²) in [6.07, 6.45) is 6.22. The first-order chi connectivity index (χ1) is 15.7. The smallest absolute Gasteiger partial charge is 0.226 e. The topological polar surface area (TPSA) is 51.8 Å². The standard InChI is InChI=1S/C27H18ClN3O/c28-27-30-25(19-10-6-9-18(15-19)17-7-2-1-3-8-17)29-26(31-27)20-13-14-22-21-11-4-5-12-23(21)32-24(22)16-20/h1-5,7-8,10-16H,6,9H2. The normalized spacial score (nSPS) is 13.9. The average Bonchev–Trinajstić information content (AvgIpc) is 3.22. The van der Waals surface area contributed by atoms with Crippen molar-refractivity contribution in [1.82, 2.24) is 15.0 Å². The van der Waals surface area contributed by atoms with Crippen molar-refractivity contribution in [2.24, 2.45) is 0 Å². The molecule has 1 aliphatic rings. The van der Waals surface area contributed by atoms with Crippen LogP contribution in [0.5, 0.6) is 0 Å². The third-order valence-corrected chi connectivity index (χ3v) is 5.92. The summed E-state index contributed by atoms with van der Waals surface area (Å²) in [5.41, 5.74) is 5.94. The summed E-state index contributed by atoms with van der Waals surface area (Å²) in [7, 11) is 0. The molecule has 0 bridgehead atoms. The molecule has 154 valence electrons.